The number of fused-ring (bicyclic) bond motifs is 6. The number of hydrogen-bond donors (Lipinski definition) is 0. The smallest absolute Gasteiger partial charge is 0.0637 e. The summed E-state index contributed by atoms with van der Waals surface area (Å²) in [5.74, 6) is 1.25. The second-order valence-electron chi connectivity index (χ2n) is 11.6. The third kappa shape index (κ3) is 3.04. The molecular weight excluding hydrogens is 426 g/mol. The number of likely N-dealkylation sites (N-methyl/N-ethyl adjacent to an activating group) is 1. The number of anilines is 1. The largest absolute Gasteiger partial charge is 0.367 e. The Morgan fingerprint density at radius 1 is 0.912 bits per heavy atom. The zero-order valence-electron chi connectivity index (χ0n) is 21.1. The summed E-state index contributed by atoms with van der Waals surface area (Å²) in [5, 5.41) is 0. The highest BCUT2D eigenvalue weighted by atomic mass is 28.3. The first-order chi connectivity index (χ1) is 16.4. The van der Waals surface area contributed by atoms with E-state index >= 15 is 0 Å². The fraction of sp³-hybridized carbons (Fsp3) is 0.375. The molecule has 3 aromatic rings. The van der Waals surface area contributed by atoms with Crippen LogP contribution in [0.15, 0.2) is 79.4 Å². The second-order valence-corrected chi connectivity index (χ2v) is 16.5. The molecule has 5 atom stereocenters. The number of rotatable bonds is 5. The Morgan fingerprint density at radius 3 is 2.32 bits per heavy atom. The molecule has 0 radical (unpaired) electrons. The van der Waals surface area contributed by atoms with Gasteiger partial charge in [0.05, 0.1) is 14.1 Å². The van der Waals surface area contributed by atoms with E-state index in [4.69, 9.17) is 0 Å². The predicted molar refractivity (Wildman–Crippen MR) is 148 cm³/mol. The van der Waals surface area contributed by atoms with Crippen LogP contribution in [0, 0.1) is 6.92 Å². The Hall–Kier alpha value is -2.58. The average molecular weight is 464 g/mol. The molecule has 0 saturated carbocycles. The molecule has 34 heavy (non-hydrogen) atoms. The zero-order chi connectivity index (χ0) is 23.6. The molecule has 174 valence electrons. The lowest BCUT2D eigenvalue weighted by molar-refractivity contribution is 0.574. The first-order valence-electron chi connectivity index (χ1n) is 13.1. The van der Waals surface area contributed by atoms with Crippen LogP contribution in [0.5, 0.6) is 0 Å². The van der Waals surface area contributed by atoms with Gasteiger partial charge in [0.25, 0.3) is 0 Å². The summed E-state index contributed by atoms with van der Waals surface area (Å²) in [5.41, 5.74) is 12.2. The van der Waals surface area contributed by atoms with Gasteiger partial charge >= 0.3 is 0 Å². The lowest BCUT2D eigenvalue weighted by atomic mass is 9.94. The minimum absolute atomic E-state index is 0.470. The first-order valence-corrected chi connectivity index (χ1v) is 16.2. The van der Waals surface area contributed by atoms with Gasteiger partial charge in [-0.15, -0.1) is 6.58 Å². The van der Waals surface area contributed by atoms with Crippen molar-refractivity contribution >= 4 is 13.8 Å². The molecule has 3 aromatic carbocycles. The minimum atomic E-state index is -1.77. The molecule has 1 heterocycles. The van der Waals surface area contributed by atoms with Crippen molar-refractivity contribution in [2.24, 2.45) is 0 Å². The van der Waals surface area contributed by atoms with Gasteiger partial charge in [-0.1, -0.05) is 85.4 Å². The minimum Gasteiger partial charge on any atom is -0.367 e. The summed E-state index contributed by atoms with van der Waals surface area (Å²) in [6, 6.07) is 26.4. The number of hydrogen-bond acceptors (Lipinski definition) is 1. The number of allylic oxidation sites excluding steroid dienone is 1. The summed E-state index contributed by atoms with van der Waals surface area (Å²) in [4.78, 5) is 2.58. The number of nitrogens with zero attached hydrogens (tertiary/aromatic N) is 1. The molecule has 5 unspecified atom stereocenters. The Morgan fingerprint density at radius 2 is 1.59 bits per heavy atom. The molecule has 2 aliphatic carbocycles. The monoisotopic (exact) mass is 463 g/mol. The molecule has 3 aliphatic rings. The fourth-order valence-corrected chi connectivity index (χ4v) is 12.7. The summed E-state index contributed by atoms with van der Waals surface area (Å²) in [7, 11) is 0.548. The van der Waals surface area contributed by atoms with Crippen molar-refractivity contribution in [2.45, 2.75) is 68.2 Å². The molecule has 1 aliphatic heterocycles. The molecule has 0 fully saturated rings. The lowest BCUT2D eigenvalue weighted by Gasteiger charge is -2.40. The van der Waals surface area contributed by atoms with Crippen LogP contribution in [-0.2, 0) is 0 Å². The molecule has 0 N–H and O–H groups in total. The fourth-order valence-electron chi connectivity index (χ4n) is 7.96. The summed E-state index contributed by atoms with van der Waals surface area (Å²) >= 11 is 0. The average Bonchev–Trinajstić information content (AvgIpc) is 3.47. The van der Waals surface area contributed by atoms with E-state index in [9.17, 15) is 0 Å². The maximum atomic E-state index is 4.01. The lowest BCUT2D eigenvalue weighted by Crippen LogP contribution is -2.43. The molecule has 0 bridgehead atoms. The Labute approximate surface area is 206 Å². The number of benzene rings is 3. The topological polar surface area (TPSA) is 3.24 Å². The Bertz CT molecular complexity index is 1260. The SMILES string of the molecule is C=CCCC1CC([Si](C)(C)C2c3ccccc3C3C2c2cc(C)ccc2N3C)c2ccccc21. The van der Waals surface area contributed by atoms with Crippen molar-refractivity contribution in [1.29, 1.82) is 0 Å². The van der Waals surface area contributed by atoms with Crippen molar-refractivity contribution in [3.8, 4) is 0 Å². The number of aryl methyl sites for hydroxylation is 1. The molecule has 2 heteroatoms. The maximum Gasteiger partial charge on any atom is 0.0637 e. The van der Waals surface area contributed by atoms with Gasteiger partial charge in [0.15, 0.2) is 0 Å². The maximum absolute atomic E-state index is 4.01. The van der Waals surface area contributed by atoms with Gasteiger partial charge in [0.1, 0.15) is 0 Å². The zero-order valence-corrected chi connectivity index (χ0v) is 22.1. The molecular formula is C32H37NSi. The normalized spacial score (nSPS) is 26.7. The first kappa shape index (κ1) is 21.9. The third-order valence-electron chi connectivity index (χ3n) is 9.44. The van der Waals surface area contributed by atoms with Crippen LogP contribution < -0.4 is 4.90 Å². The van der Waals surface area contributed by atoms with Crippen molar-refractivity contribution in [2.75, 3.05) is 11.9 Å². The van der Waals surface area contributed by atoms with Gasteiger partial charge < -0.3 is 4.90 Å². The van der Waals surface area contributed by atoms with E-state index in [1.54, 1.807) is 27.8 Å². The van der Waals surface area contributed by atoms with Gasteiger partial charge in [-0.2, -0.15) is 0 Å². The molecule has 0 spiro atoms. The van der Waals surface area contributed by atoms with Crippen molar-refractivity contribution < 1.29 is 0 Å². The van der Waals surface area contributed by atoms with E-state index in [-0.39, 0.29) is 0 Å². The van der Waals surface area contributed by atoms with Crippen LogP contribution in [0.3, 0.4) is 0 Å². The van der Waals surface area contributed by atoms with Crippen LogP contribution in [0.1, 0.15) is 81.6 Å². The van der Waals surface area contributed by atoms with Crippen LogP contribution >= 0.6 is 0 Å². The van der Waals surface area contributed by atoms with Crippen LogP contribution in [0.2, 0.25) is 13.1 Å². The summed E-state index contributed by atoms with van der Waals surface area (Å²) < 4.78 is 0. The van der Waals surface area contributed by atoms with Crippen LogP contribution in [-0.4, -0.2) is 15.1 Å². The summed E-state index contributed by atoms with van der Waals surface area (Å²) in [6.07, 6.45) is 5.77. The van der Waals surface area contributed by atoms with Gasteiger partial charge in [-0.25, -0.2) is 0 Å². The Kier molecular flexibility index (Phi) is 5.15. The van der Waals surface area contributed by atoms with Crippen molar-refractivity contribution in [3.63, 3.8) is 0 Å². The van der Waals surface area contributed by atoms with E-state index < -0.39 is 8.07 Å². The molecule has 1 nitrogen and oxygen atoms in total. The molecule has 0 aromatic heterocycles. The standard InChI is InChI=1S/C32H37NSi/c1-6-7-12-22-20-29(24-14-9-8-13-23(22)24)34(4,5)32-26-16-11-10-15-25(26)31-30(32)27-19-21(2)17-18-28(27)33(31)3/h6,8-11,13-19,22,29-32H,1,7,12,20H2,2-5H3. The van der Waals surface area contributed by atoms with E-state index in [0.717, 1.165) is 6.42 Å². The van der Waals surface area contributed by atoms with Crippen molar-refractivity contribution in [3.05, 3.63) is 113 Å². The van der Waals surface area contributed by atoms with Gasteiger partial charge in [-0.3, -0.25) is 0 Å². The van der Waals surface area contributed by atoms with E-state index in [1.807, 2.05) is 0 Å². The highest BCUT2D eigenvalue weighted by molar-refractivity contribution is 6.80. The third-order valence-corrected chi connectivity index (χ3v) is 14.1. The highest BCUT2D eigenvalue weighted by Gasteiger charge is 2.57. The second kappa shape index (κ2) is 7.98. The van der Waals surface area contributed by atoms with Crippen LogP contribution in [0.4, 0.5) is 5.69 Å². The van der Waals surface area contributed by atoms with E-state index in [1.165, 1.54) is 24.1 Å². The molecule has 6 rings (SSSR count). The highest BCUT2D eigenvalue weighted by Crippen LogP contribution is 2.65. The van der Waals surface area contributed by atoms with Gasteiger partial charge in [0.2, 0.25) is 0 Å². The molecule has 0 saturated heterocycles. The van der Waals surface area contributed by atoms with Gasteiger partial charge in [0, 0.05) is 18.7 Å². The molecule has 0 amide bonds. The predicted octanol–water partition coefficient (Wildman–Crippen LogP) is 8.39. The van der Waals surface area contributed by atoms with Gasteiger partial charge in [-0.05, 0) is 77.1 Å². The van der Waals surface area contributed by atoms with Crippen LogP contribution in [0.25, 0.3) is 0 Å². The van der Waals surface area contributed by atoms with Crippen molar-refractivity contribution in [1.82, 2.24) is 0 Å². The van der Waals surface area contributed by atoms with E-state index in [0.29, 0.717) is 29.0 Å². The van der Waals surface area contributed by atoms with E-state index in [2.05, 4.69) is 111 Å². The quantitative estimate of drug-likeness (QED) is 0.271. The summed E-state index contributed by atoms with van der Waals surface area (Å²) in [6.45, 7) is 11.7. The Balaban J connectivity index is 1.49.